The number of benzene rings is 1. The average Bonchev–Trinajstić information content (AvgIpc) is 2.85. The first-order valence-corrected chi connectivity index (χ1v) is 7.05. The fraction of sp³-hybridized carbons (Fsp3) is 0.417. The van der Waals surface area contributed by atoms with Crippen molar-refractivity contribution in [3.8, 4) is 5.75 Å². The maximum Gasteiger partial charge on any atom is 0.209 e. The van der Waals surface area contributed by atoms with Crippen LogP contribution in [-0.2, 0) is 13.6 Å². The van der Waals surface area contributed by atoms with Crippen molar-refractivity contribution in [2.24, 2.45) is 12.8 Å². The second-order valence-corrected chi connectivity index (χ2v) is 5.05. The predicted molar refractivity (Wildman–Crippen MR) is 74.0 cm³/mol. The summed E-state index contributed by atoms with van der Waals surface area (Å²) in [6.45, 7) is 1.24. The van der Waals surface area contributed by atoms with Crippen LogP contribution in [0.1, 0.15) is 12.0 Å². The molecule has 2 N–H and O–H groups in total. The zero-order valence-electron chi connectivity index (χ0n) is 10.8. The van der Waals surface area contributed by atoms with Gasteiger partial charge < -0.3 is 10.5 Å². The van der Waals surface area contributed by atoms with Gasteiger partial charge in [0.1, 0.15) is 5.75 Å². The van der Waals surface area contributed by atoms with Crippen molar-refractivity contribution in [3.63, 3.8) is 0 Å². The van der Waals surface area contributed by atoms with Crippen molar-refractivity contribution < 1.29 is 4.74 Å². The Balaban J connectivity index is 1.65. The molecule has 0 aliphatic heterocycles. The van der Waals surface area contributed by atoms with Gasteiger partial charge in [-0.05, 0) is 34.5 Å². The van der Waals surface area contributed by atoms with Crippen LogP contribution >= 0.6 is 11.8 Å². The molecule has 19 heavy (non-hydrogen) atoms. The average molecular weight is 279 g/mol. The molecule has 0 saturated heterocycles. The first-order chi connectivity index (χ1) is 9.29. The summed E-state index contributed by atoms with van der Waals surface area (Å²) in [6.07, 6.45) is 0.941. The van der Waals surface area contributed by atoms with E-state index in [9.17, 15) is 0 Å². The van der Waals surface area contributed by atoms with Gasteiger partial charge in [-0.3, -0.25) is 0 Å². The van der Waals surface area contributed by atoms with Crippen LogP contribution in [0.25, 0.3) is 0 Å². The lowest BCUT2D eigenvalue weighted by molar-refractivity contribution is 0.318. The molecule has 6 nitrogen and oxygen atoms in total. The van der Waals surface area contributed by atoms with E-state index in [-0.39, 0.29) is 0 Å². The molecule has 1 aromatic heterocycles. The summed E-state index contributed by atoms with van der Waals surface area (Å²) in [5, 5.41) is 12.1. The molecule has 7 heteroatoms. The van der Waals surface area contributed by atoms with Gasteiger partial charge in [0.25, 0.3) is 0 Å². The fourth-order valence-corrected chi connectivity index (χ4v) is 2.24. The van der Waals surface area contributed by atoms with Gasteiger partial charge in [-0.25, -0.2) is 4.68 Å². The number of nitrogens with zero attached hydrogens (tertiary/aromatic N) is 4. The van der Waals surface area contributed by atoms with Crippen LogP contribution in [0.2, 0.25) is 0 Å². The maximum absolute atomic E-state index is 5.64. The van der Waals surface area contributed by atoms with Gasteiger partial charge in [-0.15, -0.1) is 5.10 Å². The molecule has 2 aromatic rings. The van der Waals surface area contributed by atoms with Crippen molar-refractivity contribution in [3.05, 3.63) is 29.8 Å². The Labute approximate surface area is 116 Å². The van der Waals surface area contributed by atoms with E-state index in [1.165, 1.54) is 0 Å². The van der Waals surface area contributed by atoms with Gasteiger partial charge in [0.15, 0.2) is 0 Å². The van der Waals surface area contributed by atoms with E-state index in [1.807, 2.05) is 31.3 Å². The normalized spacial score (nSPS) is 10.6. The van der Waals surface area contributed by atoms with E-state index in [4.69, 9.17) is 10.5 Å². The molecule has 1 aromatic carbocycles. The van der Waals surface area contributed by atoms with E-state index >= 15 is 0 Å². The smallest absolute Gasteiger partial charge is 0.209 e. The molecule has 0 radical (unpaired) electrons. The highest BCUT2D eigenvalue weighted by atomic mass is 32.2. The Morgan fingerprint density at radius 2 is 2.11 bits per heavy atom. The third-order valence-electron chi connectivity index (χ3n) is 2.53. The number of thioether (sulfide) groups is 1. The van der Waals surface area contributed by atoms with Crippen LogP contribution in [0.5, 0.6) is 5.75 Å². The van der Waals surface area contributed by atoms with Crippen LogP contribution < -0.4 is 10.5 Å². The molecule has 0 atom stereocenters. The Kier molecular flexibility index (Phi) is 5.17. The first kappa shape index (κ1) is 13.8. The monoisotopic (exact) mass is 279 g/mol. The lowest BCUT2D eigenvalue weighted by atomic mass is 10.2. The Morgan fingerprint density at radius 1 is 1.32 bits per heavy atom. The van der Waals surface area contributed by atoms with Crippen molar-refractivity contribution in [2.75, 3.05) is 12.4 Å². The second kappa shape index (κ2) is 7.10. The summed E-state index contributed by atoms with van der Waals surface area (Å²) in [7, 11) is 1.83. The summed E-state index contributed by atoms with van der Waals surface area (Å²) in [6, 6.07) is 7.86. The molecule has 0 bridgehead atoms. The second-order valence-electron chi connectivity index (χ2n) is 3.98. The van der Waals surface area contributed by atoms with Crippen molar-refractivity contribution in [1.82, 2.24) is 20.2 Å². The topological polar surface area (TPSA) is 78.8 Å². The molecular formula is C12H17N5OS. The quantitative estimate of drug-likeness (QED) is 0.606. The minimum absolute atomic E-state index is 0.558. The summed E-state index contributed by atoms with van der Waals surface area (Å²) < 4.78 is 7.31. The molecule has 1 heterocycles. The summed E-state index contributed by atoms with van der Waals surface area (Å²) >= 11 is 1.63. The molecule has 0 fully saturated rings. The van der Waals surface area contributed by atoms with E-state index in [0.717, 1.165) is 28.6 Å². The van der Waals surface area contributed by atoms with Crippen LogP contribution in [0, 0.1) is 0 Å². The SMILES string of the molecule is Cn1nnnc1SCCCOc1ccc(CN)cc1. The molecule has 0 spiro atoms. The minimum Gasteiger partial charge on any atom is -0.494 e. The van der Waals surface area contributed by atoms with Gasteiger partial charge in [0.05, 0.1) is 6.61 Å². The Morgan fingerprint density at radius 3 is 2.74 bits per heavy atom. The Hall–Kier alpha value is -1.60. The van der Waals surface area contributed by atoms with Gasteiger partial charge in [-0.2, -0.15) is 0 Å². The lowest BCUT2D eigenvalue weighted by Gasteiger charge is -2.06. The van der Waals surface area contributed by atoms with Gasteiger partial charge in [0, 0.05) is 19.3 Å². The third-order valence-corrected chi connectivity index (χ3v) is 3.63. The van der Waals surface area contributed by atoms with E-state index in [0.29, 0.717) is 13.2 Å². The Bertz CT molecular complexity index is 499. The third kappa shape index (κ3) is 4.22. The van der Waals surface area contributed by atoms with Gasteiger partial charge >= 0.3 is 0 Å². The number of rotatable bonds is 7. The standard InChI is InChI=1S/C12H17N5OS/c1-17-12(14-15-16-17)19-8-2-7-18-11-5-3-10(9-13)4-6-11/h3-6H,2,7-9,13H2,1H3. The number of aromatic nitrogens is 4. The van der Waals surface area contributed by atoms with Crippen LogP contribution in [-0.4, -0.2) is 32.6 Å². The summed E-state index contributed by atoms with van der Waals surface area (Å²) in [5.41, 5.74) is 6.65. The van der Waals surface area contributed by atoms with Crippen molar-refractivity contribution >= 4 is 11.8 Å². The highest BCUT2D eigenvalue weighted by Crippen LogP contribution is 2.15. The van der Waals surface area contributed by atoms with Crippen molar-refractivity contribution in [1.29, 1.82) is 0 Å². The van der Waals surface area contributed by atoms with Crippen LogP contribution in [0.4, 0.5) is 0 Å². The van der Waals surface area contributed by atoms with Crippen LogP contribution in [0.3, 0.4) is 0 Å². The maximum atomic E-state index is 5.64. The van der Waals surface area contributed by atoms with Crippen molar-refractivity contribution in [2.45, 2.75) is 18.1 Å². The summed E-state index contributed by atoms with van der Waals surface area (Å²) in [4.78, 5) is 0. The van der Waals surface area contributed by atoms with E-state index < -0.39 is 0 Å². The van der Waals surface area contributed by atoms with Gasteiger partial charge in [0.2, 0.25) is 5.16 Å². The molecular weight excluding hydrogens is 262 g/mol. The number of aryl methyl sites for hydroxylation is 1. The highest BCUT2D eigenvalue weighted by molar-refractivity contribution is 7.99. The largest absolute Gasteiger partial charge is 0.494 e. The zero-order chi connectivity index (χ0) is 13.5. The molecule has 102 valence electrons. The van der Waals surface area contributed by atoms with E-state index in [2.05, 4.69) is 15.5 Å². The van der Waals surface area contributed by atoms with Crippen LogP contribution in [0.15, 0.2) is 29.4 Å². The molecule has 0 saturated carbocycles. The lowest BCUT2D eigenvalue weighted by Crippen LogP contribution is -2.01. The molecule has 2 rings (SSSR count). The number of hydrogen-bond acceptors (Lipinski definition) is 6. The minimum atomic E-state index is 0.558. The number of tetrazole rings is 1. The fourth-order valence-electron chi connectivity index (χ4n) is 1.48. The molecule has 0 amide bonds. The number of hydrogen-bond donors (Lipinski definition) is 1. The molecule has 0 unspecified atom stereocenters. The van der Waals surface area contributed by atoms with Gasteiger partial charge in [-0.1, -0.05) is 23.9 Å². The summed E-state index contributed by atoms with van der Waals surface area (Å²) in [5.74, 6) is 1.80. The number of nitrogens with two attached hydrogens (primary N) is 1. The highest BCUT2D eigenvalue weighted by Gasteiger charge is 2.02. The van der Waals surface area contributed by atoms with E-state index in [1.54, 1.807) is 16.4 Å². The molecule has 0 aliphatic rings. The molecule has 0 aliphatic carbocycles. The zero-order valence-corrected chi connectivity index (χ0v) is 11.6. The predicted octanol–water partition coefficient (Wildman–Crippen LogP) is 1.23. The number of ether oxygens (including phenoxy) is 1. The first-order valence-electron chi connectivity index (χ1n) is 6.06.